The van der Waals surface area contributed by atoms with Gasteiger partial charge in [-0.05, 0) is 12.8 Å². The minimum Gasteiger partial charge on any atom is -0.497 e. The van der Waals surface area contributed by atoms with Crippen molar-refractivity contribution in [3.05, 3.63) is 30.0 Å². The topological polar surface area (TPSA) is 68.3 Å². The van der Waals surface area contributed by atoms with Gasteiger partial charge in [-0.2, -0.15) is 18.2 Å². The molecule has 1 aromatic heterocycles. The minimum atomic E-state index is -4.56. The molecule has 0 aliphatic heterocycles. The van der Waals surface area contributed by atoms with E-state index in [2.05, 4.69) is 20.6 Å². The molecule has 0 unspecified atom stereocenters. The molecule has 1 saturated carbocycles. The van der Waals surface area contributed by atoms with Crippen LogP contribution in [-0.4, -0.2) is 30.2 Å². The van der Waals surface area contributed by atoms with Crippen molar-refractivity contribution >= 4 is 17.5 Å². The summed E-state index contributed by atoms with van der Waals surface area (Å²) in [5, 5.41) is 5.74. The fourth-order valence-electron chi connectivity index (χ4n) is 2.16. The number of alkyl halides is 3. The van der Waals surface area contributed by atoms with E-state index < -0.39 is 11.9 Å². The fraction of sp³-hybridized carbons (Fsp3) is 0.375. The molecule has 1 aliphatic rings. The van der Waals surface area contributed by atoms with E-state index in [1.165, 1.54) is 14.2 Å². The lowest BCUT2D eigenvalue weighted by Crippen LogP contribution is -2.14. The third-order valence-electron chi connectivity index (χ3n) is 3.55. The molecule has 25 heavy (non-hydrogen) atoms. The number of nitrogens with zero attached hydrogens (tertiary/aromatic N) is 2. The number of aromatic nitrogens is 2. The maximum Gasteiger partial charge on any atom is 0.433 e. The molecule has 0 spiro atoms. The molecule has 2 aromatic rings. The van der Waals surface area contributed by atoms with Crippen LogP contribution in [0.2, 0.25) is 0 Å². The molecule has 0 saturated heterocycles. The van der Waals surface area contributed by atoms with Gasteiger partial charge in [0, 0.05) is 36.0 Å². The number of halogens is 3. The van der Waals surface area contributed by atoms with Crippen LogP contribution in [0, 0.1) is 0 Å². The lowest BCUT2D eigenvalue weighted by Gasteiger charge is -2.14. The number of rotatable bonds is 6. The second-order valence-corrected chi connectivity index (χ2v) is 5.60. The van der Waals surface area contributed by atoms with Crippen molar-refractivity contribution in [1.29, 1.82) is 0 Å². The van der Waals surface area contributed by atoms with E-state index in [1.54, 1.807) is 18.2 Å². The summed E-state index contributed by atoms with van der Waals surface area (Å²) in [5.41, 5.74) is -0.525. The highest BCUT2D eigenvalue weighted by molar-refractivity contribution is 5.62. The number of benzene rings is 1. The predicted molar refractivity (Wildman–Crippen MR) is 86.5 cm³/mol. The molecule has 3 rings (SSSR count). The molecule has 0 atom stereocenters. The maximum absolute atomic E-state index is 13.1. The van der Waals surface area contributed by atoms with E-state index in [-0.39, 0.29) is 17.8 Å². The van der Waals surface area contributed by atoms with Crippen molar-refractivity contribution in [2.75, 3.05) is 24.9 Å². The van der Waals surface area contributed by atoms with E-state index in [9.17, 15) is 13.2 Å². The van der Waals surface area contributed by atoms with E-state index >= 15 is 0 Å². The lowest BCUT2D eigenvalue weighted by molar-refractivity contribution is -0.141. The molecule has 0 bridgehead atoms. The SMILES string of the molecule is COc1cc(Nc2cc(C(F)(F)F)nc(NC3CC3)n2)cc(OC)c1. The second kappa shape index (κ2) is 6.66. The van der Waals surface area contributed by atoms with Gasteiger partial charge in [0.25, 0.3) is 0 Å². The Hall–Kier alpha value is -2.71. The molecule has 9 heteroatoms. The molecular formula is C16H17F3N4O2. The summed E-state index contributed by atoms with van der Waals surface area (Å²) in [4.78, 5) is 7.68. The van der Waals surface area contributed by atoms with Crippen LogP contribution in [0.25, 0.3) is 0 Å². The summed E-state index contributed by atoms with van der Waals surface area (Å²) in [6, 6.07) is 5.92. The molecule has 134 valence electrons. The highest BCUT2D eigenvalue weighted by Gasteiger charge is 2.34. The smallest absolute Gasteiger partial charge is 0.433 e. The molecule has 1 aliphatic carbocycles. The normalized spacial score (nSPS) is 14.1. The quantitative estimate of drug-likeness (QED) is 0.822. The predicted octanol–water partition coefficient (Wildman–Crippen LogP) is 3.83. The van der Waals surface area contributed by atoms with Crippen LogP contribution >= 0.6 is 0 Å². The molecule has 1 fully saturated rings. The Morgan fingerprint density at radius 3 is 2.16 bits per heavy atom. The van der Waals surface area contributed by atoms with Gasteiger partial charge < -0.3 is 20.1 Å². The summed E-state index contributed by atoms with van der Waals surface area (Å²) in [7, 11) is 2.98. The molecule has 6 nitrogen and oxygen atoms in total. The van der Waals surface area contributed by atoms with Crippen LogP contribution in [0.5, 0.6) is 11.5 Å². The average molecular weight is 354 g/mol. The number of hydrogen-bond acceptors (Lipinski definition) is 6. The van der Waals surface area contributed by atoms with Crippen molar-refractivity contribution in [2.45, 2.75) is 25.1 Å². The third kappa shape index (κ3) is 4.43. The Balaban J connectivity index is 1.92. The van der Waals surface area contributed by atoms with E-state index in [4.69, 9.17) is 9.47 Å². The van der Waals surface area contributed by atoms with Crippen LogP contribution in [0.1, 0.15) is 18.5 Å². The van der Waals surface area contributed by atoms with Crippen molar-refractivity contribution in [1.82, 2.24) is 9.97 Å². The van der Waals surface area contributed by atoms with E-state index in [0.29, 0.717) is 17.2 Å². The molecular weight excluding hydrogens is 337 g/mol. The van der Waals surface area contributed by atoms with Gasteiger partial charge in [0.1, 0.15) is 17.3 Å². The first kappa shape index (κ1) is 17.1. The van der Waals surface area contributed by atoms with Gasteiger partial charge in [-0.15, -0.1) is 0 Å². The number of hydrogen-bond donors (Lipinski definition) is 2. The zero-order valence-corrected chi connectivity index (χ0v) is 13.6. The zero-order chi connectivity index (χ0) is 18.0. The van der Waals surface area contributed by atoms with Crippen molar-refractivity contribution in [3.63, 3.8) is 0 Å². The highest BCUT2D eigenvalue weighted by Crippen LogP contribution is 2.33. The second-order valence-electron chi connectivity index (χ2n) is 5.60. The van der Waals surface area contributed by atoms with Gasteiger partial charge in [0.15, 0.2) is 5.69 Å². The highest BCUT2D eigenvalue weighted by atomic mass is 19.4. The van der Waals surface area contributed by atoms with Gasteiger partial charge in [0.05, 0.1) is 14.2 Å². The zero-order valence-electron chi connectivity index (χ0n) is 13.6. The third-order valence-corrected chi connectivity index (χ3v) is 3.55. The summed E-state index contributed by atoms with van der Waals surface area (Å²) in [6.07, 6.45) is -2.77. The number of nitrogens with one attached hydrogen (secondary N) is 2. The lowest BCUT2D eigenvalue weighted by atomic mass is 10.2. The maximum atomic E-state index is 13.1. The summed E-state index contributed by atoms with van der Waals surface area (Å²) >= 11 is 0. The summed E-state index contributed by atoms with van der Waals surface area (Å²) in [6.45, 7) is 0. The molecule has 2 N–H and O–H groups in total. The van der Waals surface area contributed by atoms with Gasteiger partial charge in [-0.1, -0.05) is 0 Å². The van der Waals surface area contributed by atoms with Crippen molar-refractivity contribution in [2.24, 2.45) is 0 Å². The van der Waals surface area contributed by atoms with Gasteiger partial charge in [-0.25, -0.2) is 4.98 Å². The summed E-state index contributed by atoms with van der Waals surface area (Å²) < 4.78 is 49.6. The first-order valence-electron chi connectivity index (χ1n) is 7.60. The summed E-state index contributed by atoms with van der Waals surface area (Å²) in [5.74, 6) is 0.988. The van der Waals surface area contributed by atoms with Crippen LogP contribution in [-0.2, 0) is 6.18 Å². The average Bonchev–Trinajstić information content (AvgIpc) is 3.37. The van der Waals surface area contributed by atoms with Gasteiger partial charge in [0.2, 0.25) is 5.95 Å². The molecule has 1 heterocycles. The van der Waals surface area contributed by atoms with Crippen LogP contribution < -0.4 is 20.1 Å². The minimum absolute atomic E-state index is 0.0285. The largest absolute Gasteiger partial charge is 0.497 e. The van der Waals surface area contributed by atoms with E-state index in [0.717, 1.165) is 18.9 Å². The van der Waals surface area contributed by atoms with Crippen LogP contribution in [0.3, 0.4) is 0 Å². The van der Waals surface area contributed by atoms with Crippen molar-refractivity contribution < 1.29 is 22.6 Å². The Labute approximate surface area is 142 Å². The Bertz CT molecular complexity index is 741. The number of anilines is 3. The molecule has 0 radical (unpaired) electrons. The fourth-order valence-corrected chi connectivity index (χ4v) is 2.16. The first-order chi connectivity index (χ1) is 11.9. The Kier molecular flexibility index (Phi) is 4.56. The monoisotopic (exact) mass is 354 g/mol. The number of ether oxygens (including phenoxy) is 2. The standard InChI is InChI=1S/C16H17F3N4O2/c1-24-11-5-10(6-12(7-11)25-2)20-14-8-13(16(17,18)19)22-15(23-14)21-9-3-4-9/h5-9H,3-4H2,1-2H3,(H2,20,21,22,23). The van der Waals surface area contributed by atoms with Crippen molar-refractivity contribution in [3.8, 4) is 11.5 Å². The van der Waals surface area contributed by atoms with Crippen LogP contribution in [0.4, 0.5) is 30.6 Å². The number of methoxy groups -OCH3 is 2. The first-order valence-corrected chi connectivity index (χ1v) is 7.60. The van der Waals surface area contributed by atoms with E-state index in [1.807, 2.05) is 0 Å². The van der Waals surface area contributed by atoms with Gasteiger partial charge >= 0.3 is 6.18 Å². The molecule has 0 amide bonds. The van der Waals surface area contributed by atoms with Gasteiger partial charge in [-0.3, -0.25) is 0 Å². The Morgan fingerprint density at radius 1 is 1.00 bits per heavy atom. The Morgan fingerprint density at radius 2 is 1.64 bits per heavy atom. The molecule has 1 aromatic carbocycles. The van der Waals surface area contributed by atoms with Crippen LogP contribution in [0.15, 0.2) is 24.3 Å².